The van der Waals surface area contributed by atoms with Crippen molar-refractivity contribution in [2.75, 3.05) is 6.54 Å². The summed E-state index contributed by atoms with van der Waals surface area (Å²) in [4.78, 5) is 10.6. The second-order valence-corrected chi connectivity index (χ2v) is 5.21. The van der Waals surface area contributed by atoms with Crippen LogP contribution in [0.5, 0.6) is 0 Å². The molecule has 1 aromatic carbocycles. The molecule has 6 nitrogen and oxygen atoms in total. The lowest BCUT2D eigenvalue weighted by atomic mass is 10.2. The van der Waals surface area contributed by atoms with Crippen molar-refractivity contribution in [3.63, 3.8) is 0 Å². The minimum absolute atomic E-state index is 0.00923. The van der Waals surface area contributed by atoms with Crippen molar-refractivity contribution < 1.29 is 18.3 Å². The van der Waals surface area contributed by atoms with E-state index in [2.05, 4.69) is 4.72 Å². The molecule has 0 radical (unpaired) electrons. The minimum Gasteiger partial charge on any atom is -0.480 e. The first kappa shape index (κ1) is 13.6. The molecule has 0 aliphatic heterocycles. The van der Waals surface area contributed by atoms with Crippen molar-refractivity contribution in [3.05, 3.63) is 30.3 Å². The molecule has 0 spiro atoms. The van der Waals surface area contributed by atoms with Gasteiger partial charge in [-0.15, -0.1) is 0 Å². The van der Waals surface area contributed by atoms with Gasteiger partial charge in [0.05, 0.1) is 4.90 Å². The van der Waals surface area contributed by atoms with Crippen molar-refractivity contribution >= 4 is 16.0 Å². The van der Waals surface area contributed by atoms with Crippen LogP contribution in [0.15, 0.2) is 35.2 Å². The van der Waals surface area contributed by atoms with Gasteiger partial charge in [-0.3, -0.25) is 4.79 Å². The Morgan fingerprint density at radius 2 is 1.94 bits per heavy atom. The van der Waals surface area contributed by atoms with Gasteiger partial charge in [-0.1, -0.05) is 18.2 Å². The molecule has 0 aromatic heterocycles. The summed E-state index contributed by atoms with van der Waals surface area (Å²) in [6.07, 6.45) is 0.0431. The Bertz CT molecular complexity index is 472. The lowest BCUT2D eigenvalue weighted by Crippen LogP contribution is -2.35. The summed E-state index contributed by atoms with van der Waals surface area (Å²) >= 11 is 0. The highest BCUT2D eigenvalue weighted by molar-refractivity contribution is 7.89. The van der Waals surface area contributed by atoms with E-state index in [0.717, 1.165) is 0 Å². The molecule has 0 unspecified atom stereocenters. The predicted octanol–water partition coefficient (Wildman–Crippen LogP) is -0.233. The molecule has 1 atom stereocenters. The first-order valence-corrected chi connectivity index (χ1v) is 6.45. The number of rotatable bonds is 6. The molecular weight excluding hydrogens is 244 g/mol. The van der Waals surface area contributed by atoms with Gasteiger partial charge in [0.1, 0.15) is 6.04 Å². The maximum absolute atomic E-state index is 11.7. The summed E-state index contributed by atoms with van der Waals surface area (Å²) in [7, 11) is -3.58. The van der Waals surface area contributed by atoms with E-state index >= 15 is 0 Å². The molecule has 0 aliphatic carbocycles. The van der Waals surface area contributed by atoms with Crippen molar-refractivity contribution in [2.45, 2.75) is 17.4 Å². The molecule has 0 saturated heterocycles. The summed E-state index contributed by atoms with van der Waals surface area (Å²) in [5.41, 5.74) is 5.25. The van der Waals surface area contributed by atoms with E-state index < -0.39 is 22.0 Å². The molecule has 1 rings (SSSR count). The summed E-state index contributed by atoms with van der Waals surface area (Å²) < 4.78 is 25.7. The first-order valence-electron chi connectivity index (χ1n) is 4.96. The fourth-order valence-corrected chi connectivity index (χ4v) is 2.22. The van der Waals surface area contributed by atoms with E-state index in [1.54, 1.807) is 18.2 Å². The molecule has 1 aromatic rings. The van der Waals surface area contributed by atoms with Crippen LogP contribution in [0, 0.1) is 0 Å². The Morgan fingerprint density at radius 1 is 1.35 bits per heavy atom. The largest absolute Gasteiger partial charge is 0.480 e. The normalized spacial score (nSPS) is 13.2. The minimum atomic E-state index is -3.58. The monoisotopic (exact) mass is 258 g/mol. The molecular formula is C10H14N2O4S. The van der Waals surface area contributed by atoms with E-state index in [1.807, 2.05) is 0 Å². The third-order valence-corrected chi connectivity index (χ3v) is 3.60. The van der Waals surface area contributed by atoms with Crippen molar-refractivity contribution in [1.29, 1.82) is 0 Å². The average molecular weight is 258 g/mol. The van der Waals surface area contributed by atoms with E-state index in [0.29, 0.717) is 0 Å². The van der Waals surface area contributed by atoms with Crippen LogP contribution in [0.3, 0.4) is 0 Å². The van der Waals surface area contributed by atoms with Gasteiger partial charge in [-0.2, -0.15) is 0 Å². The number of carboxylic acids is 1. The Kier molecular flexibility index (Phi) is 4.62. The van der Waals surface area contributed by atoms with Gasteiger partial charge >= 0.3 is 5.97 Å². The van der Waals surface area contributed by atoms with Crippen LogP contribution < -0.4 is 10.5 Å². The third-order valence-electron chi connectivity index (χ3n) is 2.12. The highest BCUT2D eigenvalue weighted by Gasteiger charge is 2.15. The van der Waals surface area contributed by atoms with Gasteiger partial charge in [0, 0.05) is 6.54 Å². The van der Waals surface area contributed by atoms with Crippen molar-refractivity contribution in [2.24, 2.45) is 5.73 Å². The quantitative estimate of drug-likeness (QED) is 0.652. The zero-order valence-corrected chi connectivity index (χ0v) is 9.85. The van der Waals surface area contributed by atoms with Crippen LogP contribution in [0.1, 0.15) is 6.42 Å². The summed E-state index contributed by atoms with van der Waals surface area (Å²) in [5.74, 6) is -1.15. The van der Waals surface area contributed by atoms with Gasteiger partial charge < -0.3 is 10.8 Å². The Labute approximate surface area is 99.5 Å². The molecule has 0 bridgehead atoms. The Hall–Kier alpha value is -1.44. The van der Waals surface area contributed by atoms with E-state index in [9.17, 15) is 13.2 Å². The van der Waals surface area contributed by atoms with Crippen LogP contribution in [0.4, 0.5) is 0 Å². The molecule has 17 heavy (non-hydrogen) atoms. The fraction of sp³-hybridized carbons (Fsp3) is 0.300. The molecule has 7 heteroatoms. The predicted molar refractivity (Wildman–Crippen MR) is 61.9 cm³/mol. The highest BCUT2D eigenvalue weighted by Crippen LogP contribution is 2.06. The second kappa shape index (κ2) is 5.76. The van der Waals surface area contributed by atoms with Crippen LogP contribution in [0.2, 0.25) is 0 Å². The lowest BCUT2D eigenvalue weighted by Gasteiger charge is -2.08. The van der Waals surface area contributed by atoms with Gasteiger partial charge in [0.15, 0.2) is 0 Å². The van der Waals surface area contributed by atoms with E-state index in [-0.39, 0.29) is 17.9 Å². The second-order valence-electron chi connectivity index (χ2n) is 3.44. The number of nitrogens with two attached hydrogens (primary N) is 1. The SMILES string of the molecule is N[C@@H](CCNS(=O)(=O)c1ccccc1)C(=O)O. The number of sulfonamides is 1. The van der Waals surface area contributed by atoms with E-state index in [4.69, 9.17) is 10.8 Å². The fourth-order valence-electron chi connectivity index (χ4n) is 1.16. The van der Waals surface area contributed by atoms with Crippen LogP contribution in [-0.2, 0) is 14.8 Å². The van der Waals surface area contributed by atoms with Crippen molar-refractivity contribution in [1.82, 2.24) is 4.72 Å². The number of carbonyl (C=O) groups is 1. The average Bonchev–Trinajstić information content (AvgIpc) is 2.29. The topological polar surface area (TPSA) is 109 Å². The van der Waals surface area contributed by atoms with Crippen LogP contribution >= 0.6 is 0 Å². The number of aliphatic carboxylic acids is 1. The molecule has 0 aliphatic rings. The van der Waals surface area contributed by atoms with Crippen LogP contribution in [-0.4, -0.2) is 32.1 Å². The van der Waals surface area contributed by atoms with Gasteiger partial charge in [0.25, 0.3) is 0 Å². The molecule has 0 saturated carbocycles. The van der Waals surface area contributed by atoms with Crippen LogP contribution in [0.25, 0.3) is 0 Å². The summed E-state index contributed by atoms with van der Waals surface area (Å²) in [5, 5.41) is 8.53. The Balaban J connectivity index is 2.55. The zero-order valence-electron chi connectivity index (χ0n) is 9.04. The molecule has 0 amide bonds. The summed E-state index contributed by atoms with van der Waals surface area (Å²) in [6.45, 7) is -0.00923. The number of hydrogen-bond donors (Lipinski definition) is 3. The summed E-state index contributed by atoms with van der Waals surface area (Å²) in [6, 6.07) is 6.78. The zero-order chi connectivity index (χ0) is 12.9. The maximum Gasteiger partial charge on any atom is 0.320 e. The third kappa shape index (κ3) is 4.14. The first-order chi connectivity index (χ1) is 7.93. The van der Waals surface area contributed by atoms with Gasteiger partial charge in [-0.25, -0.2) is 13.1 Å². The highest BCUT2D eigenvalue weighted by atomic mass is 32.2. The van der Waals surface area contributed by atoms with Gasteiger partial charge in [-0.05, 0) is 18.6 Å². The van der Waals surface area contributed by atoms with Crippen molar-refractivity contribution in [3.8, 4) is 0 Å². The molecule has 0 fully saturated rings. The maximum atomic E-state index is 11.7. The lowest BCUT2D eigenvalue weighted by molar-refractivity contribution is -0.138. The smallest absolute Gasteiger partial charge is 0.320 e. The number of benzene rings is 1. The Morgan fingerprint density at radius 3 is 2.47 bits per heavy atom. The number of hydrogen-bond acceptors (Lipinski definition) is 4. The molecule has 94 valence electrons. The number of carboxylic acid groups (broad SMARTS) is 1. The van der Waals surface area contributed by atoms with E-state index in [1.165, 1.54) is 12.1 Å². The molecule has 0 heterocycles. The molecule has 4 N–H and O–H groups in total. The van der Waals surface area contributed by atoms with Gasteiger partial charge in [0.2, 0.25) is 10.0 Å². The standard InChI is InChI=1S/C10H14N2O4S/c11-9(10(13)14)6-7-12-17(15,16)8-4-2-1-3-5-8/h1-5,9,12H,6-7,11H2,(H,13,14)/t9-/m0/s1. The number of nitrogens with one attached hydrogen (secondary N) is 1.